The Kier molecular flexibility index (Phi) is 3.31. The number of aryl methyl sites for hydroxylation is 2. The van der Waals surface area contributed by atoms with E-state index in [1.807, 2.05) is 28.8 Å². The van der Waals surface area contributed by atoms with Gasteiger partial charge in [-0.1, -0.05) is 17.7 Å². The highest BCUT2D eigenvalue weighted by Crippen LogP contribution is 2.16. The van der Waals surface area contributed by atoms with E-state index in [0.29, 0.717) is 9.79 Å². The number of aromatic nitrogens is 4. The van der Waals surface area contributed by atoms with E-state index in [4.69, 9.17) is 23.8 Å². The molecule has 0 aromatic carbocycles. The Morgan fingerprint density at radius 1 is 1.32 bits per heavy atom. The van der Waals surface area contributed by atoms with Crippen LogP contribution >= 0.6 is 23.8 Å². The molecule has 0 spiro atoms. The van der Waals surface area contributed by atoms with Crippen LogP contribution in [0.2, 0.25) is 5.02 Å². The van der Waals surface area contributed by atoms with E-state index >= 15 is 0 Å². The monoisotopic (exact) mass is 290 g/mol. The number of hydrogen-bond donors (Lipinski definition) is 1. The topological polar surface area (TPSA) is 46.5 Å². The van der Waals surface area contributed by atoms with E-state index in [9.17, 15) is 0 Å². The summed E-state index contributed by atoms with van der Waals surface area (Å²) in [6.45, 7) is 0.741. The number of nitrogens with one attached hydrogen (secondary N) is 1. The molecule has 3 heterocycles. The molecule has 3 aromatic heterocycles. The van der Waals surface area contributed by atoms with Crippen molar-refractivity contribution < 1.29 is 0 Å². The SMILES string of the molecule is S=c1[nH]c2cc(Cl)cnc2n1CCc1ccccn1. The zero-order valence-electron chi connectivity index (χ0n) is 10.0. The Hall–Kier alpha value is -1.72. The second-order valence-electron chi connectivity index (χ2n) is 4.18. The van der Waals surface area contributed by atoms with Gasteiger partial charge in [0.15, 0.2) is 10.4 Å². The molecule has 6 heteroatoms. The van der Waals surface area contributed by atoms with Crippen LogP contribution in [0.25, 0.3) is 11.2 Å². The molecule has 96 valence electrons. The third-order valence-electron chi connectivity index (χ3n) is 2.89. The lowest BCUT2D eigenvalue weighted by molar-refractivity contribution is 0.689. The lowest BCUT2D eigenvalue weighted by Crippen LogP contribution is -2.03. The Morgan fingerprint density at radius 2 is 2.21 bits per heavy atom. The van der Waals surface area contributed by atoms with Crippen molar-refractivity contribution >= 4 is 35.0 Å². The summed E-state index contributed by atoms with van der Waals surface area (Å²) in [6, 6.07) is 7.72. The van der Waals surface area contributed by atoms with Crippen LogP contribution in [0.15, 0.2) is 36.7 Å². The van der Waals surface area contributed by atoms with Crippen LogP contribution in [0.3, 0.4) is 0 Å². The van der Waals surface area contributed by atoms with Crippen molar-refractivity contribution in [2.24, 2.45) is 0 Å². The van der Waals surface area contributed by atoms with Crippen LogP contribution in [0, 0.1) is 4.77 Å². The van der Waals surface area contributed by atoms with E-state index in [-0.39, 0.29) is 0 Å². The molecule has 0 amide bonds. The van der Waals surface area contributed by atoms with Gasteiger partial charge in [0.25, 0.3) is 0 Å². The van der Waals surface area contributed by atoms with Gasteiger partial charge in [-0.15, -0.1) is 0 Å². The molecule has 0 atom stereocenters. The van der Waals surface area contributed by atoms with Crippen molar-refractivity contribution in [1.29, 1.82) is 0 Å². The second-order valence-corrected chi connectivity index (χ2v) is 5.00. The Labute approximate surface area is 120 Å². The van der Waals surface area contributed by atoms with Gasteiger partial charge >= 0.3 is 0 Å². The molecule has 0 unspecified atom stereocenters. The number of H-pyrrole nitrogens is 1. The molecule has 0 radical (unpaired) electrons. The Bertz CT molecular complexity index is 763. The summed E-state index contributed by atoms with van der Waals surface area (Å²) < 4.78 is 2.62. The molecule has 0 bridgehead atoms. The molecule has 1 N–H and O–H groups in total. The zero-order chi connectivity index (χ0) is 13.2. The van der Waals surface area contributed by atoms with Gasteiger partial charge in [-0.3, -0.25) is 4.98 Å². The molecule has 19 heavy (non-hydrogen) atoms. The maximum Gasteiger partial charge on any atom is 0.179 e. The fourth-order valence-corrected chi connectivity index (χ4v) is 2.44. The average Bonchev–Trinajstić information content (AvgIpc) is 2.72. The van der Waals surface area contributed by atoms with E-state index in [0.717, 1.165) is 29.8 Å². The predicted octanol–water partition coefficient (Wildman–Crippen LogP) is 3.38. The Balaban J connectivity index is 1.93. The summed E-state index contributed by atoms with van der Waals surface area (Å²) in [4.78, 5) is 11.7. The molecule has 4 nitrogen and oxygen atoms in total. The minimum Gasteiger partial charge on any atom is -0.329 e. The van der Waals surface area contributed by atoms with Gasteiger partial charge in [0.1, 0.15) is 0 Å². The number of halogens is 1. The van der Waals surface area contributed by atoms with Crippen molar-refractivity contribution in [3.05, 3.63) is 52.1 Å². The maximum absolute atomic E-state index is 5.92. The van der Waals surface area contributed by atoms with E-state index < -0.39 is 0 Å². The van der Waals surface area contributed by atoms with Crippen molar-refractivity contribution in [3.63, 3.8) is 0 Å². The summed E-state index contributed by atoms with van der Waals surface area (Å²) in [7, 11) is 0. The first-order chi connectivity index (χ1) is 9.24. The average molecular weight is 291 g/mol. The van der Waals surface area contributed by atoms with Gasteiger partial charge in [-0.25, -0.2) is 4.98 Å². The molecule has 3 rings (SSSR count). The number of hydrogen-bond acceptors (Lipinski definition) is 3. The number of fused-ring (bicyclic) bond motifs is 1. The zero-order valence-corrected chi connectivity index (χ0v) is 11.6. The number of aromatic amines is 1. The van der Waals surface area contributed by atoms with Crippen LogP contribution in [0.1, 0.15) is 5.69 Å². The summed E-state index contributed by atoms with van der Waals surface area (Å²) >= 11 is 11.2. The fraction of sp³-hybridized carbons (Fsp3) is 0.154. The first kappa shape index (κ1) is 12.3. The number of rotatable bonds is 3. The van der Waals surface area contributed by atoms with Crippen LogP contribution in [-0.2, 0) is 13.0 Å². The molecule has 0 saturated heterocycles. The van der Waals surface area contributed by atoms with Crippen molar-refractivity contribution in [1.82, 2.24) is 19.5 Å². The van der Waals surface area contributed by atoms with Crippen LogP contribution < -0.4 is 0 Å². The maximum atomic E-state index is 5.92. The molecule has 0 aliphatic carbocycles. The van der Waals surface area contributed by atoms with Gasteiger partial charge in [0.2, 0.25) is 0 Å². The largest absolute Gasteiger partial charge is 0.329 e. The minimum absolute atomic E-state index is 0.598. The molecular formula is C13H11ClN4S. The molecule has 0 fully saturated rings. The number of pyridine rings is 2. The van der Waals surface area contributed by atoms with Gasteiger partial charge in [-0.05, 0) is 30.4 Å². The minimum atomic E-state index is 0.598. The van der Waals surface area contributed by atoms with Crippen molar-refractivity contribution in [2.45, 2.75) is 13.0 Å². The second kappa shape index (κ2) is 5.11. The highest BCUT2D eigenvalue weighted by atomic mass is 35.5. The highest BCUT2D eigenvalue weighted by Gasteiger charge is 2.06. The number of imidazole rings is 1. The summed E-state index contributed by atoms with van der Waals surface area (Å²) in [6.07, 6.45) is 4.23. The van der Waals surface area contributed by atoms with Gasteiger partial charge in [0, 0.05) is 31.1 Å². The van der Waals surface area contributed by atoms with E-state index in [1.54, 1.807) is 12.4 Å². The van der Waals surface area contributed by atoms with E-state index in [1.165, 1.54) is 0 Å². The molecule has 0 aliphatic rings. The molecular weight excluding hydrogens is 280 g/mol. The summed E-state index contributed by atoms with van der Waals surface area (Å²) in [5.41, 5.74) is 2.72. The molecule has 0 saturated carbocycles. The number of nitrogens with zero attached hydrogens (tertiary/aromatic N) is 3. The molecule has 0 aliphatic heterocycles. The predicted molar refractivity (Wildman–Crippen MR) is 77.9 cm³/mol. The summed E-state index contributed by atoms with van der Waals surface area (Å²) in [5, 5.41) is 0.598. The van der Waals surface area contributed by atoms with Gasteiger partial charge < -0.3 is 9.55 Å². The first-order valence-electron chi connectivity index (χ1n) is 5.88. The van der Waals surface area contributed by atoms with E-state index in [2.05, 4.69) is 15.0 Å². The normalized spacial score (nSPS) is 11.0. The van der Waals surface area contributed by atoms with Crippen LogP contribution in [0.5, 0.6) is 0 Å². The standard InChI is InChI=1S/C13H11ClN4S/c14-9-7-11-12(16-8-9)18(13(19)17-11)6-4-10-3-1-2-5-15-10/h1-3,5,7-8H,4,6H2,(H,17,19). The summed E-state index contributed by atoms with van der Waals surface area (Å²) in [5.74, 6) is 0. The first-order valence-corrected chi connectivity index (χ1v) is 6.66. The lowest BCUT2D eigenvalue weighted by atomic mass is 10.3. The van der Waals surface area contributed by atoms with Gasteiger partial charge in [-0.2, -0.15) is 0 Å². The smallest absolute Gasteiger partial charge is 0.179 e. The third-order valence-corrected chi connectivity index (χ3v) is 3.42. The quantitative estimate of drug-likeness (QED) is 0.752. The van der Waals surface area contributed by atoms with Gasteiger partial charge in [0.05, 0.1) is 10.5 Å². The third kappa shape index (κ3) is 2.52. The highest BCUT2D eigenvalue weighted by molar-refractivity contribution is 7.71. The van der Waals surface area contributed by atoms with Crippen LogP contribution in [-0.4, -0.2) is 19.5 Å². The fourth-order valence-electron chi connectivity index (χ4n) is 2.00. The van der Waals surface area contributed by atoms with Crippen molar-refractivity contribution in [3.8, 4) is 0 Å². The van der Waals surface area contributed by atoms with Crippen LogP contribution in [0.4, 0.5) is 0 Å². The Morgan fingerprint density at radius 3 is 3.00 bits per heavy atom. The lowest BCUT2D eigenvalue weighted by Gasteiger charge is -2.03. The van der Waals surface area contributed by atoms with Crippen molar-refractivity contribution in [2.75, 3.05) is 0 Å². The molecule has 3 aromatic rings.